The van der Waals surface area contributed by atoms with Crippen molar-refractivity contribution in [1.82, 2.24) is 20.4 Å². The molecule has 15 heavy (non-hydrogen) atoms. The molecule has 1 aromatic heterocycles. The van der Waals surface area contributed by atoms with Gasteiger partial charge in [-0.05, 0) is 0 Å². The Hall–Kier alpha value is -1.32. The Kier molecular flexibility index (Phi) is 4.34. The molecule has 0 amide bonds. The van der Waals surface area contributed by atoms with Crippen LogP contribution in [0.4, 0.5) is 0 Å². The maximum Gasteiger partial charge on any atom is 0.343 e. The van der Waals surface area contributed by atoms with E-state index in [4.69, 9.17) is 5.84 Å². The molecular formula is C6H11N5O3S. The highest BCUT2D eigenvalue weighted by Crippen LogP contribution is 2.12. The van der Waals surface area contributed by atoms with Gasteiger partial charge in [-0.1, -0.05) is 17.4 Å². The lowest BCUT2D eigenvalue weighted by Crippen LogP contribution is -2.26. The van der Waals surface area contributed by atoms with Crippen LogP contribution in [0.2, 0.25) is 0 Å². The number of nitrogens with zero attached hydrogens (tertiary/aromatic N) is 2. The number of hydrogen-bond donors (Lipinski definition) is 3. The summed E-state index contributed by atoms with van der Waals surface area (Å²) in [4.78, 5) is 26.1. The molecule has 8 nitrogen and oxygen atoms in total. The van der Waals surface area contributed by atoms with Gasteiger partial charge in [0.1, 0.15) is 0 Å². The molecule has 0 saturated carbocycles. The number of nitrogens with one attached hydrogen (secondary N) is 2. The van der Waals surface area contributed by atoms with Gasteiger partial charge in [0.25, 0.3) is 0 Å². The van der Waals surface area contributed by atoms with E-state index in [0.717, 1.165) is 0 Å². The first-order valence-corrected chi connectivity index (χ1v) is 5.03. The lowest BCUT2D eigenvalue weighted by Gasteiger charge is -2.00. The van der Waals surface area contributed by atoms with Gasteiger partial charge in [0.05, 0.1) is 6.42 Å². The molecule has 84 valence electrons. The SMILES string of the molecule is Cn1c(SCCC(=O)ONN)n[nH]c1=O. The highest BCUT2D eigenvalue weighted by molar-refractivity contribution is 7.99. The largest absolute Gasteiger partial charge is 0.356 e. The predicted octanol–water partition coefficient (Wildman–Crippen LogP) is -1.49. The zero-order valence-corrected chi connectivity index (χ0v) is 8.84. The minimum atomic E-state index is -0.467. The second-order valence-electron chi connectivity index (χ2n) is 2.56. The second-order valence-corrected chi connectivity index (χ2v) is 3.62. The van der Waals surface area contributed by atoms with E-state index >= 15 is 0 Å². The summed E-state index contributed by atoms with van der Waals surface area (Å²) in [5, 5.41) is 6.56. The number of H-pyrrole nitrogens is 1. The fraction of sp³-hybridized carbons (Fsp3) is 0.500. The normalized spacial score (nSPS) is 10.3. The average molecular weight is 233 g/mol. The first-order chi connectivity index (χ1) is 7.15. The van der Waals surface area contributed by atoms with Crippen LogP contribution < -0.4 is 17.1 Å². The van der Waals surface area contributed by atoms with E-state index in [1.807, 2.05) is 0 Å². The molecule has 0 saturated heterocycles. The molecule has 0 bridgehead atoms. The van der Waals surface area contributed by atoms with Crippen molar-refractivity contribution in [1.29, 1.82) is 0 Å². The lowest BCUT2D eigenvalue weighted by atomic mass is 10.5. The van der Waals surface area contributed by atoms with Crippen molar-refractivity contribution >= 4 is 17.7 Å². The third-order valence-electron chi connectivity index (χ3n) is 1.55. The van der Waals surface area contributed by atoms with E-state index in [-0.39, 0.29) is 12.1 Å². The lowest BCUT2D eigenvalue weighted by molar-refractivity contribution is -0.150. The van der Waals surface area contributed by atoms with Crippen molar-refractivity contribution < 1.29 is 9.63 Å². The van der Waals surface area contributed by atoms with Gasteiger partial charge in [-0.3, -0.25) is 9.36 Å². The van der Waals surface area contributed by atoms with Crippen LogP contribution in [0.25, 0.3) is 0 Å². The molecule has 0 fully saturated rings. The van der Waals surface area contributed by atoms with Gasteiger partial charge in [0.15, 0.2) is 5.16 Å². The number of aromatic nitrogens is 3. The third kappa shape index (κ3) is 3.38. The van der Waals surface area contributed by atoms with Gasteiger partial charge < -0.3 is 4.84 Å². The van der Waals surface area contributed by atoms with Gasteiger partial charge >= 0.3 is 11.7 Å². The zero-order chi connectivity index (χ0) is 11.3. The fourth-order valence-corrected chi connectivity index (χ4v) is 1.64. The van der Waals surface area contributed by atoms with Crippen molar-refractivity contribution in [3.63, 3.8) is 0 Å². The molecule has 9 heteroatoms. The van der Waals surface area contributed by atoms with E-state index in [1.54, 1.807) is 12.6 Å². The van der Waals surface area contributed by atoms with Crippen molar-refractivity contribution in [2.75, 3.05) is 5.75 Å². The summed E-state index contributed by atoms with van der Waals surface area (Å²) in [6.07, 6.45) is 0.177. The Labute approximate surface area is 89.1 Å². The summed E-state index contributed by atoms with van der Waals surface area (Å²) in [7, 11) is 1.59. The number of carbonyl (C=O) groups is 1. The molecule has 0 aromatic carbocycles. The summed E-state index contributed by atoms with van der Waals surface area (Å²) < 4.78 is 1.36. The molecule has 4 N–H and O–H groups in total. The zero-order valence-electron chi connectivity index (χ0n) is 8.02. The first kappa shape index (κ1) is 11.8. The number of carbonyl (C=O) groups excluding carboxylic acids is 1. The van der Waals surface area contributed by atoms with E-state index in [1.165, 1.54) is 16.3 Å². The Morgan fingerprint density at radius 3 is 3.07 bits per heavy atom. The number of hydrazine groups is 1. The van der Waals surface area contributed by atoms with E-state index < -0.39 is 5.97 Å². The summed E-state index contributed by atoms with van der Waals surface area (Å²) in [6.45, 7) is 0. The molecule has 0 spiro atoms. The fourth-order valence-electron chi connectivity index (χ4n) is 0.804. The number of aromatic amines is 1. The van der Waals surface area contributed by atoms with Gasteiger partial charge in [-0.25, -0.2) is 15.7 Å². The van der Waals surface area contributed by atoms with Crippen LogP contribution in [0.15, 0.2) is 9.95 Å². The Bertz CT molecular complexity index is 386. The minimum absolute atomic E-state index is 0.177. The molecule has 0 atom stereocenters. The maximum atomic E-state index is 11.0. The van der Waals surface area contributed by atoms with Crippen LogP contribution in [-0.4, -0.2) is 26.5 Å². The van der Waals surface area contributed by atoms with Crippen molar-refractivity contribution in [3.05, 3.63) is 10.5 Å². The third-order valence-corrected chi connectivity index (χ3v) is 2.58. The van der Waals surface area contributed by atoms with Crippen LogP contribution in [0.3, 0.4) is 0 Å². The van der Waals surface area contributed by atoms with E-state index in [2.05, 4.69) is 15.0 Å². The molecule has 0 radical (unpaired) electrons. The van der Waals surface area contributed by atoms with Crippen LogP contribution in [0, 0.1) is 0 Å². The molecular weight excluding hydrogens is 222 g/mol. The summed E-state index contributed by atoms with van der Waals surface area (Å²) in [5.41, 5.74) is 1.51. The Balaban J connectivity index is 2.35. The molecule has 0 aliphatic carbocycles. The molecule has 0 unspecified atom stereocenters. The monoisotopic (exact) mass is 233 g/mol. The average Bonchev–Trinajstić information content (AvgIpc) is 2.50. The maximum absolute atomic E-state index is 11.0. The Morgan fingerprint density at radius 2 is 2.53 bits per heavy atom. The van der Waals surface area contributed by atoms with Crippen LogP contribution in [0.1, 0.15) is 6.42 Å². The molecule has 1 rings (SSSR count). The predicted molar refractivity (Wildman–Crippen MR) is 52.6 cm³/mol. The van der Waals surface area contributed by atoms with Gasteiger partial charge in [-0.2, -0.15) is 0 Å². The highest BCUT2D eigenvalue weighted by atomic mass is 32.2. The highest BCUT2D eigenvalue weighted by Gasteiger charge is 2.07. The van der Waals surface area contributed by atoms with Crippen molar-refractivity contribution in [3.8, 4) is 0 Å². The smallest absolute Gasteiger partial charge is 0.343 e. The van der Waals surface area contributed by atoms with Gasteiger partial charge in [-0.15, -0.1) is 5.10 Å². The number of rotatable bonds is 5. The van der Waals surface area contributed by atoms with Gasteiger partial charge in [0, 0.05) is 12.8 Å². The number of nitrogens with two attached hydrogens (primary N) is 1. The number of hydrogen-bond acceptors (Lipinski definition) is 7. The van der Waals surface area contributed by atoms with E-state index in [0.29, 0.717) is 10.9 Å². The van der Waals surface area contributed by atoms with Crippen molar-refractivity contribution in [2.24, 2.45) is 12.9 Å². The van der Waals surface area contributed by atoms with Crippen LogP contribution >= 0.6 is 11.8 Å². The molecule has 1 heterocycles. The Morgan fingerprint density at radius 1 is 1.80 bits per heavy atom. The summed E-state index contributed by atoms with van der Waals surface area (Å²) >= 11 is 1.27. The molecule has 0 aliphatic heterocycles. The van der Waals surface area contributed by atoms with Gasteiger partial charge in [0.2, 0.25) is 0 Å². The quantitative estimate of drug-likeness (QED) is 0.322. The van der Waals surface area contributed by atoms with E-state index in [9.17, 15) is 9.59 Å². The standard InChI is InChI=1S/C6H11N5O3S/c1-11-5(13)8-9-6(11)15-3-2-4(12)14-10-7/h10H,2-3,7H2,1H3,(H,8,13). The summed E-state index contributed by atoms with van der Waals surface area (Å²) in [5.74, 6) is 4.77. The minimum Gasteiger partial charge on any atom is -0.356 e. The topological polar surface area (TPSA) is 115 Å². The first-order valence-electron chi connectivity index (χ1n) is 4.04. The number of thioether (sulfide) groups is 1. The summed E-state index contributed by atoms with van der Waals surface area (Å²) in [6, 6.07) is 0. The van der Waals surface area contributed by atoms with Crippen LogP contribution in [-0.2, 0) is 16.7 Å². The van der Waals surface area contributed by atoms with Crippen molar-refractivity contribution in [2.45, 2.75) is 11.6 Å². The molecule has 1 aromatic rings. The second kappa shape index (κ2) is 5.53. The van der Waals surface area contributed by atoms with Crippen LogP contribution in [0.5, 0.6) is 0 Å². The molecule has 0 aliphatic rings.